The van der Waals surface area contributed by atoms with Gasteiger partial charge in [-0.2, -0.15) is 0 Å². The minimum Gasteiger partial charge on any atom is -0.342 e. The van der Waals surface area contributed by atoms with E-state index in [1.165, 1.54) is 25.7 Å². The summed E-state index contributed by atoms with van der Waals surface area (Å²) in [5.41, 5.74) is 0.320. The molecular formula is C20H32N2O2. The third kappa shape index (κ3) is 3.48. The average Bonchev–Trinajstić information content (AvgIpc) is 3.29. The lowest BCUT2D eigenvalue weighted by atomic mass is 9.72. The third-order valence-electron chi connectivity index (χ3n) is 7.15. The van der Waals surface area contributed by atoms with Crippen molar-refractivity contribution in [1.29, 1.82) is 0 Å². The second-order valence-electron chi connectivity index (χ2n) is 8.84. The Balaban J connectivity index is 1.32. The maximum absolute atomic E-state index is 12.6. The SMILES string of the molecule is O=C1CCC2(CCN1CC1CC1)CCN(C(=O)C1CCCC1)CC2. The summed E-state index contributed by atoms with van der Waals surface area (Å²) in [6.07, 6.45) is 12.4. The number of nitrogens with zero attached hydrogens (tertiary/aromatic N) is 2. The van der Waals surface area contributed by atoms with Crippen molar-refractivity contribution >= 4 is 11.8 Å². The van der Waals surface area contributed by atoms with Crippen LogP contribution in [0.4, 0.5) is 0 Å². The number of rotatable bonds is 3. The number of likely N-dealkylation sites (tertiary alicyclic amines) is 2. The van der Waals surface area contributed by atoms with Gasteiger partial charge in [-0.05, 0) is 62.7 Å². The second-order valence-corrected chi connectivity index (χ2v) is 8.84. The molecule has 2 amide bonds. The van der Waals surface area contributed by atoms with Crippen LogP contribution in [0, 0.1) is 17.3 Å². The van der Waals surface area contributed by atoms with E-state index in [4.69, 9.17) is 0 Å². The Morgan fingerprint density at radius 3 is 2.29 bits per heavy atom. The summed E-state index contributed by atoms with van der Waals surface area (Å²) in [5.74, 6) is 1.89. The number of hydrogen-bond donors (Lipinski definition) is 0. The van der Waals surface area contributed by atoms with Gasteiger partial charge in [-0.15, -0.1) is 0 Å². The predicted molar refractivity (Wildman–Crippen MR) is 93.4 cm³/mol. The Bertz CT molecular complexity index is 486. The summed E-state index contributed by atoms with van der Waals surface area (Å²) in [5, 5.41) is 0. The van der Waals surface area contributed by atoms with Crippen molar-refractivity contribution in [1.82, 2.24) is 9.80 Å². The first-order valence-corrected chi connectivity index (χ1v) is 10.2. The fourth-order valence-corrected chi connectivity index (χ4v) is 5.09. The van der Waals surface area contributed by atoms with Crippen LogP contribution in [0.3, 0.4) is 0 Å². The summed E-state index contributed by atoms with van der Waals surface area (Å²) in [6, 6.07) is 0. The monoisotopic (exact) mass is 332 g/mol. The molecule has 134 valence electrons. The summed E-state index contributed by atoms with van der Waals surface area (Å²) >= 11 is 0. The highest BCUT2D eigenvalue weighted by molar-refractivity contribution is 5.79. The lowest BCUT2D eigenvalue weighted by Crippen LogP contribution is -2.45. The van der Waals surface area contributed by atoms with Crippen molar-refractivity contribution in [2.45, 2.75) is 70.6 Å². The van der Waals surface area contributed by atoms with Gasteiger partial charge in [-0.25, -0.2) is 0 Å². The standard InChI is InChI=1S/C20H32N2O2/c23-18-7-8-20(11-14-22(18)15-16-5-6-16)9-12-21(13-10-20)19(24)17-3-1-2-4-17/h16-17H,1-15H2. The highest BCUT2D eigenvalue weighted by atomic mass is 16.2. The molecule has 2 saturated heterocycles. The molecule has 0 atom stereocenters. The molecule has 0 radical (unpaired) electrons. The molecule has 0 N–H and O–H groups in total. The lowest BCUT2D eigenvalue weighted by molar-refractivity contribution is -0.138. The Labute approximate surface area is 145 Å². The third-order valence-corrected chi connectivity index (χ3v) is 7.15. The Morgan fingerprint density at radius 2 is 1.62 bits per heavy atom. The zero-order valence-electron chi connectivity index (χ0n) is 15.0. The maximum atomic E-state index is 12.6. The van der Waals surface area contributed by atoms with E-state index in [0.29, 0.717) is 23.1 Å². The van der Waals surface area contributed by atoms with Gasteiger partial charge < -0.3 is 9.80 Å². The normalized spacial score (nSPS) is 28.4. The summed E-state index contributed by atoms with van der Waals surface area (Å²) in [4.78, 5) is 29.3. The minimum atomic E-state index is 0.309. The zero-order valence-corrected chi connectivity index (χ0v) is 15.0. The molecule has 2 aliphatic carbocycles. The topological polar surface area (TPSA) is 40.6 Å². The highest BCUT2D eigenvalue weighted by Gasteiger charge is 2.40. The first kappa shape index (κ1) is 16.4. The van der Waals surface area contributed by atoms with Crippen molar-refractivity contribution in [3.8, 4) is 0 Å². The molecule has 2 heterocycles. The summed E-state index contributed by atoms with van der Waals surface area (Å²) in [7, 11) is 0. The molecule has 4 nitrogen and oxygen atoms in total. The van der Waals surface area contributed by atoms with Crippen molar-refractivity contribution in [3.63, 3.8) is 0 Å². The smallest absolute Gasteiger partial charge is 0.225 e. The molecule has 0 aromatic rings. The molecule has 4 heteroatoms. The predicted octanol–water partition coefficient (Wildman–Crippen LogP) is 3.21. The molecule has 0 unspecified atom stereocenters. The molecule has 4 aliphatic rings. The van der Waals surface area contributed by atoms with Gasteiger partial charge >= 0.3 is 0 Å². The fourth-order valence-electron chi connectivity index (χ4n) is 5.09. The molecule has 2 aliphatic heterocycles. The van der Waals surface area contributed by atoms with E-state index in [1.54, 1.807) is 0 Å². The largest absolute Gasteiger partial charge is 0.342 e. The van der Waals surface area contributed by atoms with Gasteiger partial charge in [0.05, 0.1) is 0 Å². The molecule has 24 heavy (non-hydrogen) atoms. The van der Waals surface area contributed by atoms with Crippen LogP contribution in [0.2, 0.25) is 0 Å². The number of piperidine rings is 1. The molecule has 4 rings (SSSR count). The minimum absolute atomic E-state index is 0.309. The average molecular weight is 332 g/mol. The maximum Gasteiger partial charge on any atom is 0.225 e. The Hall–Kier alpha value is -1.06. The number of carbonyl (C=O) groups is 2. The second kappa shape index (κ2) is 6.68. The van der Waals surface area contributed by atoms with Gasteiger partial charge in [0, 0.05) is 38.5 Å². The zero-order chi connectivity index (χ0) is 16.6. The molecule has 1 spiro atoms. The van der Waals surface area contributed by atoms with E-state index in [2.05, 4.69) is 9.80 Å². The van der Waals surface area contributed by atoms with Crippen LogP contribution >= 0.6 is 0 Å². The molecule has 0 aromatic heterocycles. The highest BCUT2D eigenvalue weighted by Crippen LogP contribution is 2.43. The van der Waals surface area contributed by atoms with Gasteiger partial charge in [0.25, 0.3) is 0 Å². The van der Waals surface area contributed by atoms with E-state index < -0.39 is 0 Å². The molecule has 2 saturated carbocycles. The molecular weight excluding hydrogens is 300 g/mol. The van der Waals surface area contributed by atoms with Crippen LogP contribution in [0.15, 0.2) is 0 Å². The fraction of sp³-hybridized carbons (Fsp3) is 0.900. The lowest BCUT2D eigenvalue weighted by Gasteiger charge is -2.42. The number of carbonyl (C=O) groups excluding carboxylic acids is 2. The Kier molecular flexibility index (Phi) is 4.57. The van der Waals surface area contributed by atoms with Crippen LogP contribution < -0.4 is 0 Å². The quantitative estimate of drug-likeness (QED) is 0.796. The van der Waals surface area contributed by atoms with E-state index in [0.717, 1.165) is 77.0 Å². The van der Waals surface area contributed by atoms with E-state index in [9.17, 15) is 9.59 Å². The molecule has 0 aromatic carbocycles. The summed E-state index contributed by atoms with van der Waals surface area (Å²) in [6.45, 7) is 3.80. The number of amides is 2. The van der Waals surface area contributed by atoms with E-state index >= 15 is 0 Å². The van der Waals surface area contributed by atoms with Gasteiger partial charge in [0.15, 0.2) is 0 Å². The van der Waals surface area contributed by atoms with Gasteiger partial charge in [0.1, 0.15) is 0 Å². The van der Waals surface area contributed by atoms with Gasteiger partial charge in [0.2, 0.25) is 11.8 Å². The van der Waals surface area contributed by atoms with Crippen molar-refractivity contribution in [2.75, 3.05) is 26.2 Å². The molecule has 4 fully saturated rings. The first-order chi connectivity index (χ1) is 11.7. The van der Waals surface area contributed by atoms with Crippen LogP contribution in [0.25, 0.3) is 0 Å². The first-order valence-electron chi connectivity index (χ1n) is 10.2. The van der Waals surface area contributed by atoms with Crippen LogP contribution in [0.1, 0.15) is 70.6 Å². The summed E-state index contributed by atoms with van der Waals surface area (Å²) < 4.78 is 0. The molecule has 0 bridgehead atoms. The van der Waals surface area contributed by atoms with Crippen molar-refractivity contribution < 1.29 is 9.59 Å². The van der Waals surface area contributed by atoms with Gasteiger partial charge in [-0.3, -0.25) is 9.59 Å². The van der Waals surface area contributed by atoms with Crippen LogP contribution in [-0.2, 0) is 9.59 Å². The number of hydrogen-bond acceptors (Lipinski definition) is 2. The van der Waals surface area contributed by atoms with Crippen LogP contribution in [-0.4, -0.2) is 47.8 Å². The van der Waals surface area contributed by atoms with Crippen LogP contribution in [0.5, 0.6) is 0 Å². The van der Waals surface area contributed by atoms with Crippen molar-refractivity contribution in [3.05, 3.63) is 0 Å². The Morgan fingerprint density at radius 1 is 0.958 bits per heavy atom. The van der Waals surface area contributed by atoms with Crippen molar-refractivity contribution in [2.24, 2.45) is 17.3 Å². The van der Waals surface area contributed by atoms with E-state index in [-0.39, 0.29) is 0 Å². The van der Waals surface area contributed by atoms with Gasteiger partial charge in [-0.1, -0.05) is 12.8 Å². The van der Waals surface area contributed by atoms with E-state index in [1.807, 2.05) is 0 Å².